The van der Waals surface area contributed by atoms with Crippen LogP contribution >= 0.6 is 15.9 Å². The Morgan fingerprint density at radius 1 is 1.37 bits per heavy atom. The van der Waals surface area contributed by atoms with Crippen molar-refractivity contribution in [3.63, 3.8) is 0 Å². The number of nitrogens with zero attached hydrogens (tertiary/aromatic N) is 1. The number of nitrogens with one attached hydrogen (secondary N) is 1. The van der Waals surface area contributed by atoms with Crippen molar-refractivity contribution in [2.24, 2.45) is 5.92 Å². The van der Waals surface area contributed by atoms with Gasteiger partial charge >= 0.3 is 0 Å². The molecule has 1 aromatic heterocycles. The molecule has 1 aliphatic rings. The standard InChI is InChI=1S/C14H19BrN2O2/c15-12-6-11(7-16-8-12)14(19)17-13-5-3-1-2-4-10(13)9-18/h6-8,10,13,18H,1-5,9H2,(H,17,19)/t10-,13+/m0/s1. The fraction of sp³-hybridized carbons (Fsp3) is 0.571. The summed E-state index contributed by atoms with van der Waals surface area (Å²) in [4.78, 5) is 16.2. The molecule has 19 heavy (non-hydrogen) atoms. The number of carbonyl (C=O) groups is 1. The van der Waals surface area contributed by atoms with Gasteiger partial charge in [0, 0.05) is 35.4 Å². The topological polar surface area (TPSA) is 62.2 Å². The molecule has 2 atom stereocenters. The van der Waals surface area contributed by atoms with Crippen molar-refractivity contribution in [1.29, 1.82) is 0 Å². The second-order valence-corrected chi connectivity index (χ2v) is 5.97. The summed E-state index contributed by atoms with van der Waals surface area (Å²) in [5.41, 5.74) is 0.551. The summed E-state index contributed by atoms with van der Waals surface area (Å²) < 4.78 is 0.791. The van der Waals surface area contributed by atoms with E-state index in [2.05, 4.69) is 26.2 Å². The number of hydrogen-bond acceptors (Lipinski definition) is 3. The maximum atomic E-state index is 12.2. The largest absolute Gasteiger partial charge is 0.396 e. The number of aliphatic hydroxyl groups is 1. The van der Waals surface area contributed by atoms with E-state index in [-0.39, 0.29) is 24.5 Å². The Kier molecular flexibility index (Phi) is 5.34. The number of aliphatic hydroxyl groups excluding tert-OH is 1. The Balaban J connectivity index is 2.04. The minimum Gasteiger partial charge on any atom is -0.396 e. The molecule has 0 radical (unpaired) electrons. The second-order valence-electron chi connectivity index (χ2n) is 5.05. The van der Waals surface area contributed by atoms with Gasteiger partial charge in [-0.15, -0.1) is 0 Å². The van der Waals surface area contributed by atoms with Gasteiger partial charge in [-0.1, -0.05) is 19.3 Å². The fourth-order valence-corrected chi connectivity index (χ4v) is 2.95. The first kappa shape index (κ1) is 14.5. The molecule has 1 aromatic rings. The zero-order valence-corrected chi connectivity index (χ0v) is 12.4. The van der Waals surface area contributed by atoms with Crippen LogP contribution in [0.25, 0.3) is 0 Å². The Morgan fingerprint density at radius 2 is 2.16 bits per heavy atom. The van der Waals surface area contributed by atoms with E-state index in [1.165, 1.54) is 6.42 Å². The van der Waals surface area contributed by atoms with Gasteiger partial charge in [0.15, 0.2) is 0 Å². The Hall–Kier alpha value is -0.940. The van der Waals surface area contributed by atoms with Gasteiger partial charge in [0.1, 0.15) is 0 Å². The Bertz CT molecular complexity index is 439. The summed E-state index contributed by atoms with van der Waals surface area (Å²) in [6, 6.07) is 1.83. The van der Waals surface area contributed by atoms with Gasteiger partial charge in [0.05, 0.1) is 5.56 Å². The third kappa shape index (κ3) is 4.01. The summed E-state index contributed by atoms with van der Waals surface area (Å²) in [6.45, 7) is 0.141. The molecule has 2 rings (SSSR count). The SMILES string of the molecule is O=C(N[C@@H]1CCCCC[C@H]1CO)c1cncc(Br)c1. The molecule has 2 N–H and O–H groups in total. The molecule has 0 spiro atoms. The lowest BCUT2D eigenvalue weighted by molar-refractivity contribution is 0.0899. The van der Waals surface area contributed by atoms with Crippen molar-refractivity contribution in [2.75, 3.05) is 6.61 Å². The predicted octanol–water partition coefficient (Wildman–Crippen LogP) is 2.52. The molecule has 1 fully saturated rings. The van der Waals surface area contributed by atoms with Crippen LogP contribution in [0.5, 0.6) is 0 Å². The van der Waals surface area contributed by atoms with Gasteiger partial charge in [-0.05, 0) is 34.8 Å². The number of rotatable bonds is 3. The maximum absolute atomic E-state index is 12.2. The van der Waals surface area contributed by atoms with Crippen LogP contribution in [-0.4, -0.2) is 28.6 Å². The van der Waals surface area contributed by atoms with E-state index in [1.54, 1.807) is 18.5 Å². The lowest BCUT2D eigenvalue weighted by Gasteiger charge is -2.24. The summed E-state index contributed by atoms with van der Waals surface area (Å²) in [6.07, 6.45) is 8.57. The molecule has 0 unspecified atom stereocenters. The van der Waals surface area contributed by atoms with Crippen molar-refractivity contribution in [3.05, 3.63) is 28.5 Å². The monoisotopic (exact) mass is 326 g/mol. The minimum atomic E-state index is -0.112. The number of amides is 1. The van der Waals surface area contributed by atoms with E-state index in [4.69, 9.17) is 0 Å². The average Bonchev–Trinajstić information content (AvgIpc) is 2.63. The summed E-state index contributed by atoms with van der Waals surface area (Å²) >= 11 is 3.31. The van der Waals surface area contributed by atoms with Crippen LogP contribution in [0.1, 0.15) is 42.5 Å². The third-order valence-electron chi connectivity index (χ3n) is 3.68. The van der Waals surface area contributed by atoms with Gasteiger partial charge in [-0.25, -0.2) is 0 Å². The van der Waals surface area contributed by atoms with Crippen LogP contribution in [0.2, 0.25) is 0 Å². The van der Waals surface area contributed by atoms with Gasteiger partial charge in [-0.2, -0.15) is 0 Å². The van der Waals surface area contributed by atoms with E-state index in [9.17, 15) is 9.90 Å². The number of carbonyl (C=O) groups excluding carboxylic acids is 1. The number of aromatic nitrogens is 1. The van der Waals surface area contributed by atoms with Crippen LogP contribution in [0.3, 0.4) is 0 Å². The quantitative estimate of drug-likeness (QED) is 0.839. The van der Waals surface area contributed by atoms with Crippen molar-refractivity contribution in [3.8, 4) is 0 Å². The fourth-order valence-electron chi connectivity index (χ4n) is 2.58. The molecule has 4 nitrogen and oxygen atoms in total. The van der Waals surface area contributed by atoms with Crippen LogP contribution in [-0.2, 0) is 0 Å². The van der Waals surface area contributed by atoms with Crippen molar-refractivity contribution in [1.82, 2.24) is 10.3 Å². The molecule has 1 aliphatic carbocycles. The molecule has 1 saturated carbocycles. The molecule has 0 aromatic carbocycles. The summed E-state index contributed by atoms with van der Waals surface area (Å²) in [5.74, 6) is 0.0608. The van der Waals surface area contributed by atoms with Gasteiger partial charge in [-0.3, -0.25) is 9.78 Å². The second kappa shape index (κ2) is 7.01. The van der Waals surface area contributed by atoms with Crippen molar-refractivity contribution >= 4 is 21.8 Å². The molecular weight excluding hydrogens is 308 g/mol. The number of pyridine rings is 1. The van der Waals surface area contributed by atoms with Gasteiger partial charge in [0.2, 0.25) is 0 Å². The normalized spacial score (nSPS) is 23.7. The summed E-state index contributed by atoms with van der Waals surface area (Å²) in [7, 11) is 0. The highest BCUT2D eigenvalue weighted by Crippen LogP contribution is 2.23. The highest BCUT2D eigenvalue weighted by atomic mass is 79.9. The smallest absolute Gasteiger partial charge is 0.253 e. The first-order valence-electron chi connectivity index (χ1n) is 6.73. The summed E-state index contributed by atoms with van der Waals surface area (Å²) in [5, 5.41) is 12.5. The zero-order chi connectivity index (χ0) is 13.7. The zero-order valence-electron chi connectivity index (χ0n) is 10.8. The van der Waals surface area contributed by atoms with E-state index in [0.717, 1.165) is 30.2 Å². The number of halogens is 1. The molecular formula is C14H19BrN2O2. The minimum absolute atomic E-state index is 0.0685. The van der Waals surface area contributed by atoms with E-state index in [0.29, 0.717) is 5.56 Å². The van der Waals surface area contributed by atoms with Gasteiger partial charge in [0.25, 0.3) is 5.91 Å². The molecule has 0 aliphatic heterocycles. The molecule has 0 saturated heterocycles. The van der Waals surface area contributed by atoms with Crippen molar-refractivity contribution in [2.45, 2.75) is 38.1 Å². The highest BCUT2D eigenvalue weighted by Gasteiger charge is 2.24. The maximum Gasteiger partial charge on any atom is 0.253 e. The van der Waals surface area contributed by atoms with Crippen molar-refractivity contribution < 1.29 is 9.90 Å². The van der Waals surface area contributed by atoms with Gasteiger partial charge < -0.3 is 10.4 Å². The lowest BCUT2D eigenvalue weighted by atomic mass is 9.95. The molecule has 1 amide bonds. The van der Waals surface area contributed by atoms with Crippen LogP contribution in [0.15, 0.2) is 22.9 Å². The molecule has 5 heteroatoms. The first-order valence-corrected chi connectivity index (χ1v) is 7.52. The molecule has 1 heterocycles. The lowest BCUT2D eigenvalue weighted by Crippen LogP contribution is -2.41. The molecule has 0 bridgehead atoms. The van der Waals surface area contributed by atoms with E-state index in [1.807, 2.05) is 0 Å². The molecule has 104 valence electrons. The predicted molar refractivity (Wildman–Crippen MR) is 76.9 cm³/mol. The van der Waals surface area contributed by atoms with Crippen LogP contribution in [0.4, 0.5) is 0 Å². The van der Waals surface area contributed by atoms with Crippen LogP contribution in [0, 0.1) is 5.92 Å². The highest BCUT2D eigenvalue weighted by molar-refractivity contribution is 9.10. The van der Waals surface area contributed by atoms with E-state index >= 15 is 0 Å². The van der Waals surface area contributed by atoms with Crippen LogP contribution < -0.4 is 5.32 Å². The van der Waals surface area contributed by atoms with E-state index < -0.39 is 0 Å². The number of hydrogen-bond donors (Lipinski definition) is 2. The Morgan fingerprint density at radius 3 is 2.89 bits per heavy atom. The third-order valence-corrected chi connectivity index (χ3v) is 4.11. The average molecular weight is 327 g/mol. The first-order chi connectivity index (χ1) is 9.20. The Labute approximate surface area is 121 Å².